The number of amides is 2. The maximum atomic E-state index is 13.2. The van der Waals surface area contributed by atoms with Crippen molar-refractivity contribution in [2.45, 2.75) is 46.0 Å². The van der Waals surface area contributed by atoms with Crippen LogP contribution < -0.4 is 0 Å². The molecule has 1 aromatic carbocycles. The average Bonchev–Trinajstić information content (AvgIpc) is 2.89. The summed E-state index contributed by atoms with van der Waals surface area (Å²) in [6.07, 6.45) is 5.12. The molecule has 0 fully saturated rings. The number of fused-ring (bicyclic) bond motifs is 1. The largest absolute Gasteiger partial charge is 0.342 e. The zero-order valence-corrected chi connectivity index (χ0v) is 17.1. The number of aromatic nitrogens is 2. The van der Waals surface area contributed by atoms with E-state index in [0.29, 0.717) is 18.8 Å². The van der Waals surface area contributed by atoms with Crippen molar-refractivity contribution >= 4 is 11.8 Å². The fourth-order valence-corrected chi connectivity index (χ4v) is 3.86. The van der Waals surface area contributed by atoms with Gasteiger partial charge in [-0.15, -0.1) is 0 Å². The first kappa shape index (κ1) is 20.1. The second-order valence-electron chi connectivity index (χ2n) is 7.31. The van der Waals surface area contributed by atoms with Gasteiger partial charge in [0.25, 0.3) is 5.91 Å². The van der Waals surface area contributed by atoms with Crippen LogP contribution in [0, 0.1) is 0 Å². The number of para-hydroxylation sites is 1. The summed E-state index contributed by atoms with van der Waals surface area (Å²) in [6, 6.07) is 9.97. The molecule has 2 amide bonds. The smallest absolute Gasteiger partial charge is 0.274 e. The Hall–Kier alpha value is -2.63. The highest BCUT2D eigenvalue weighted by Crippen LogP contribution is 2.27. The molecule has 0 aliphatic heterocycles. The molecule has 1 heterocycles. The van der Waals surface area contributed by atoms with E-state index in [1.165, 1.54) is 4.90 Å². The van der Waals surface area contributed by atoms with Crippen LogP contribution in [0.2, 0.25) is 0 Å². The van der Waals surface area contributed by atoms with E-state index in [4.69, 9.17) is 5.10 Å². The molecule has 0 N–H and O–H groups in total. The predicted octanol–water partition coefficient (Wildman–Crippen LogP) is 3.08. The van der Waals surface area contributed by atoms with Gasteiger partial charge in [0.15, 0.2) is 5.69 Å². The van der Waals surface area contributed by atoms with E-state index >= 15 is 0 Å². The van der Waals surface area contributed by atoms with Gasteiger partial charge >= 0.3 is 0 Å². The van der Waals surface area contributed by atoms with Crippen molar-refractivity contribution in [3.05, 3.63) is 47.3 Å². The third-order valence-electron chi connectivity index (χ3n) is 5.47. The van der Waals surface area contributed by atoms with Crippen LogP contribution in [-0.4, -0.2) is 58.1 Å². The van der Waals surface area contributed by atoms with Crippen LogP contribution >= 0.6 is 0 Å². The van der Waals surface area contributed by atoms with Gasteiger partial charge in [0.1, 0.15) is 0 Å². The monoisotopic (exact) mass is 382 g/mol. The molecule has 1 aromatic heterocycles. The highest BCUT2D eigenvalue weighted by molar-refractivity contribution is 5.96. The molecule has 0 saturated carbocycles. The van der Waals surface area contributed by atoms with Crippen molar-refractivity contribution in [1.29, 1.82) is 0 Å². The molecule has 2 aromatic rings. The average molecular weight is 383 g/mol. The molecule has 0 saturated heterocycles. The second kappa shape index (κ2) is 9.04. The van der Waals surface area contributed by atoms with Crippen molar-refractivity contribution in [2.24, 2.45) is 0 Å². The molecule has 6 heteroatoms. The number of likely N-dealkylation sites (N-methyl/N-ethyl adjacent to an activating group) is 2. The van der Waals surface area contributed by atoms with Crippen molar-refractivity contribution in [3.8, 4) is 5.69 Å². The van der Waals surface area contributed by atoms with Gasteiger partial charge in [-0.05, 0) is 51.7 Å². The Kier molecular flexibility index (Phi) is 6.49. The quantitative estimate of drug-likeness (QED) is 0.722. The van der Waals surface area contributed by atoms with Gasteiger partial charge in [-0.3, -0.25) is 9.59 Å². The van der Waals surface area contributed by atoms with E-state index in [-0.39, 0.29) is 18.4 Å². The Bertz CT molecular complexity index is 825. The van der Waals surface area contributed by atoms with Crippen LogP contribution in [0.1, 0.15) is 54.9 Å². The van der Waals surface area contributed by atoms with E-state index < -0.39 is 0 Å². The highest BCUT2D eigenvalue weighted by atomic mass is 16.2. The standard InChI is InChI=1S/C22H30N4O2/c1-4-25(5-2)20(27)16-24(3)22(28)21-18-14-10-7-11-15-19(18)26(23-21)17-12-8-6-9-13-17/h6,8-9,12-13H,4-5,7,10-11,14-16H2,1-3H3. The summed E-state index contributed by atoms with van der Waals surface area (Å²) in [4.78, 5) is 28.9. The molecule has 150 valence electrons. The first-order valence-electron chi connectivity index (χ1n) is 10.3. The molecule has 1 aliphatic carbocycles. The minimum Gasteiger partial charge on any atom is -0.342 e. The molecule has 6 nitrogen and oxygen atoms in total. The predicted molar refractivity (Wildman–Crippen MR) is 110 cm³/mol. The molecule has 0 atom stereocenters. The molecular formula is C22H30N4O2. The molecule has 0 spiro atoms. The van der Waals surface area contributed by atoms with E-state index in [0.717, 1.165) is 49.0 Å². The second-order valence-corrected chi connectivity index (χ2v) is 7.31. The summed E-state index contributed by atoms with van der Waals surface area (Å²) in [6.45, 7) is 5.27. The summed E-state index contributed by atoms with van der Waals surface area (Å²) in [7, 11) is 1.69. The summed E-state index contributed by atoms with van der Waals surface area (Å²) in [5.41, 5.74) is 3.65. The Labute approximate surface area is 167 Å². The summed E-state index contributed by atoms with van der Waals surface area (Å²) < 4.78 is 1.92. The number of hydrogen-bond acceptors (Lipinski definition) is 3. The van der Waals surface area contributed by atoms with E-state index in [9.17, 15) is 9.59 Å². The molecule has 3 rings (SSSR count). The van der Waals surface area contributed by atoms with E-state index in [1.807, 2.05) is 48.9 Å². The van der Waals surface area contributed by atoms with Gasteiger partial charge in [0.2, 0.25) is 5.91 Å². The van der Waals surface area contributed by atoms with Crippen molar-refractivity contribution < 1.29 is 9.59 Å². The topological polar surface area (TPSA) is 58.4 Å². The van der Waals surface area contributed by atoms with Gasteiger partial charge in [-0.1, -0.05) is 24.6 Å². The molecule has 0 radical (unpaired) electrons. The lowest BCUT2D eigenvalue weighted by atomic mass is 10.1. The number of nitrogens with zero attached hydrogens (tertiary/aromatic N) is 4. The van der Waals surface area contributed by atoms with Crippen LogP contribution in [0.15, 0.2) is 30.3 Å². The fraction of sp³-hybridized carbons (Fsp3) is 0.500. The Balaban J connectivity index is 1.92. The first-order chi connectivity index (χ1) is 13.6. The van der Waals surface area contributed by atoms with Crippen LogP contribution in [0.3, 0.4) is 0 Å². The molecule has 0 bridgehead atoms. The van der Waals surface area contributed by atoms with Crippen LogP contribution in [-0.2, 0) is 17.6 Å². The van der Waals surface area contributed by atoms with E-state index in [2.05, 4.69) is 0 Å². The maximum absolute atomic E-state index is 13.2. The van der Waals surface area contributed by atoms with Gasteiger partial charge in [0, 0.05) is 31.4 Å². The van der Waals surface area contributed by atoms with Gasteiger partial charge < -0.3 is 9.80 Å². The normalized spacial score (nSPS) is 13.5. The van der Waals surface area contributed by atoms with Crippen LogP contribution in [0.4, 0.5) is 0 Å². The summed E-state index contributed by atoms with van der Waals surface area (Å²) >= 11 is 0. The van der Waals surface area contributed by atoms with Gasteiger partial charge in [0.05, 0.1) is 12.2 Å². The lowest BCUT2D eigenvalue weighted by molar-refractivity contribution is -0.131. The highest BCUT2D eigenvalue weighted by Gasteiger charge is 2.27. The Morgan fingerprint density at radius 3 is 2.39 bits per heavy atom. The molecular weight excluding hydrogens is 352 g/mol. The Morgan fingerprint density at radius 1 is 1.04 bits per heavy atom. The fourth-order valence-electron chi connectivity index (χ4n) is 3.86. The third kappa shape index (κ3) is 4.11. The molecule has 0 unspecified atom stereocenters. The van der Waals surface area contributed by atoms with Crippen molar-refractivity contribution in [1.82, 2.24) is 19.6 Å². The maximum Gasteiger partial charge on any atom is 0.274 e. The number of carbonyl (C=O) groups excluding carboxylic acids is 2. The van der Waals surface area contributed by atoms with Gasteiger partial charge in [-0.25, -0.2) is 4.68 Å². The first-order valence-corrected chi connectivity index (χ1v) is 10.3. The van der Waals surface area contributed by atoms with Crippen LogP contribution in [0.5, 0.6) is 0 Å². The third-order valence-corrected chi connectivity index (χ3v) is 5.47. The number of carbonyl (C=O) groups is 2. The Morgan fingerprint density at radius 2 is 1.71 bits per heavy atom. The minimum absolute atomic E-state index is 0.0329. The molecule has 1 aliphatic rings. The lowest BCUT2D eigenvalue weighted by Gasteiger charge is -2.23. The van der Waals surface area contributed by atoms with Crippen molar-refractivity contribution in [2.75, 3.05) is 26.7 Å². The number of hydrogen-bond donors (Lipinski definition) is 0. The summed E-state index contributed by atoms with van der Waals surface area (Å²) in [5.74, 6) is -0.206. The lowest BCUT2D eigenvalue weighted by Crippen LogP contribution is -2.41. The number of rotatable bonds is 6. The van der Waals surface area contributed by atoms with Gasteiger partial charge in [-0.2, -0.15) is 5.10 Å². The minimum atomic E-state index is -0.173. The zero-order chi connectivity index (χ0) is 20.1. The SMILES string of the molecule is CCN(CC)C(=O)CN(C)C(=O)c1nn(-c2ccccc2)c2c1CCCCC2. The summed E-state index contributed by atoms with van der Waals surface area (Å²) in [5, 5.41) is 4.72. The van der Waals surface area contributed by atoms with E-state index in [1.54, 1.807) is 11.9 Å². The zero-order valence-electron chi connectivity index (χ0n) is 17.1. The van der Waals surface area contributed by atoms with Crippen LogP contribution in [0.25, 0.3) is 5.69 Å². The number of benzene rings is 1. The molecule has 28 heavy (non-hydrogen) atoms. The van der Waals surface area contributed by atoms with Crippen molar-refractivity contribution in [3.63, 3.8) is 0 Å².